The van der Waals surface area contributed by atoms with Crippen LogP contribution < -0.4 is 15.0 Å². The number of amides is 1. The van der Waals surface area contributed by atoms with Crippen molar-refractivity contribution in [3.63, 3.8) is 0 Å². The molecule has 0 aliphatic heterocycles. The van der Waals surface area contributed by atoms with Crippen molar-refractivity contribution in [3.05, 3.63) is 47.9 Å². The molecule has 1 heterocycles. The minimum Gasteiger partial charge on any atom is -0.495 e. The Morgan fingerprint density at radius 2 is 2.05 bits per heavy atom. The predicted octanol–water partition coefficient (Wildman–Crippen LogP) is 2.55. The van der Waals surface area contributed by atoms with E-state index in [4.69, 9.17) is 4.74 Å². The molecule has 0 aliphatic carbocycles. The first-order valence-electron chi connectivity index (χ1n) is 6.33. The van der Waals surface area contributed by atoms with E-state index in [2.05, 4.69) is 10.3 Å². The predicted molar refractivity (Wildman–Crippen MR) is 79.5 cm³/mol. The summed E-state index contributed by atoms with van der Waals surface area (Å²) in [6, 6.07) is 8.40. The van der Waals surface area contributed by atoms with Crippen molar-refractivity contribution in [3.8, 4) is 5.75 Å². The lowest BCUT2D eigenvalue weighted by Gasteiger charge is -2.20. The number of halogens is 1. The third kappa shape index (κ3) is 2.79. The molecule has 0 bridgehead atoms. The van der Waals surface area contributed by atoms with Crippen LogP contribution in [0.4, 0.5) is 15.9 Å². The summed E-state index contributed by atoms with van der Waals surface area (Å²) >= 11 is 0. The lowest BCUT2D eigenvalue weighted by atomic mass is 10.2. The van der Waals surface area contributed by atoms with Crippen LogP contribution in [0.5, 0.6) is 5.75 Å². The van der Waals surface area contributed by atoms with E-state index in [-0.39, 0.29) is 11.4 Å². The molecule has 1 amide bonds. The summed E-state index contributed by atoms with van der Waals surface area (Å²) < 4.78 is 19.4. The molecule has 0 saturated heterocycles. The Kier molecular flexibility index (Phi) is 4.37. The Labute approximate surface area is 122 Å². The zero-order valence-corrected chi connectivity index (χ0v) is 12.1. The Hall–Kier alpha value is -2.63. The maximum absolute atomic E-state index is 14.2. The van der Waals surface area contributed by atoms with E-state index in [1.54, 1.807) is 38.4 Å². The van der Waals surface area contributed by atoms with Gasteiger partial charge in [0.2, 0.25) is 0 Å². The van der Waals surface area contributed by atoms with Crippen LogP contribution in [0.15, 0.2) is 36.5 Å². The largest absolute Gasteiger partial charge is 0.495 e. The average molecular weight is 289 g/mol. The van der Waals surface area contributed by atoms with Gasteiger partial charge in [0.25, 0.3) is 5.91 Å². The van der Waals surface area contributed by atoms with E-state index < -0.39 is 11.7 Å². The molecule has 1 N–H and O–H groups in total. The quantitative estimate of drug-likeness (QED) is 0.940. The average Bonchev–Trinajstić information content (AvgIpc) is 2.53. The standard InChI is InChI=1S/C15H16FN3O2/c1-17-14-13(16)10(8-9-18-14)15(20)19(2)11-6-4-5-7-12(11)21-3/h4-9H,1-3H3,(H,17,18). The molecule has 2 aromatic rings. The molecule has 6 heteroatoms. The van der Waals surface area contributed by atoms with Crippen LogP contribution in [-0.2, 0) is 0 Å². The van der Waals surface area contributed by atoms with Crippen LogP contribution >= 0.6 is 0 Å². The van der Waals surface area contributed by atoms with Crippen LogP contribution in [-0.4, -0.2) is 32.1 Å². The van der Waals surface area contributed by atoms with Gasteiger partial charge in [-0.1, -0.05) is 12.1 Å². The Morgan fingerprint density at radius 3 is 2.71 bits per heavy atom. The van der Waals surface area contributed by atoms with Crippen LogP contribution in [0.2, 0.25) is 0 Å². The van der Waals surface area contributed by atoms with E-state index in [1.807, 2.05) is 0 Å². The Bertz CT molecular complexity index is 661. The molecule has 1 aromatic carbocycles. The van der Waals surface area contributed by atoms with Crippen LogP contribution in [0.25, 0.3) is 0 Å². The first-order valence-corrected chi connectivity index (χ1v) is 6.33. The van der Waals surface area contributed by atoms with Gasteiger partial charge >= 0.3 is 0 Å². The number of para-hydroxylation sites is 2. The fourth-order valence-corrected chi connectivity index (χ4v) is 1.98. The smallest absolute Gasteiger partial charge is 0.261 e. The summed E-state index contributed by atoms with van der Waals surface area (Å²) in [7, 11) is 4.63. The number of carbonyl (C=O) groups is 1. The number of hydrogen-bond acceptors (Lipinski definition) is 4. The molecule has 2 rings (SSSR count). The minimum atomic E-state index is -0.674. The van der Waals surface area contributed by atoms with Gasteiger partial charge in [0.05, 0.1) is 18.4 Å². The molecule has 5 nitrogen and oxygen atoms in total. The van der Waals surface area contributed by atoms with Gasteiger partial charge in [-0.05, 0) is 18.2 Å². The van der Waals surface area contributed by atoms with Gasteiger partial charge in [0.15, 0.2) is 11.6 Å². The maximum atomic E-state index is 14.2. The summed E-state index contributed by atoms with van der Waals surface area (Å²) in [6.45, 7) is 0. The number of anilines is 2. The number of carbonyl (C=O) groups excluding carboxylic acids is 1. The molecule has 1 aromatic heterocycles. The molecule has 0 spiro atoms. The number of nitrogens with one attached hydrogen (secondary N) is 1. The van der Waals surface area contributed by atoms with Crippen molar-refractivity contribution in [2.45, 2.75) is 0 Å². The van der Waals surface area contributed by atoms with Crippen molar-refractivity contribution in [2.24, 2.45) is 0 Å². The SMILES string of the molecule is CNc1nccc(C(=O)N(C)c2ccccc2OC)c1F. The summed E-state index contributed by atoms with van der Waals surface area (Å²) in [4.78, 5) is 17.6. The zero-order valence-electron chi connectivity index (χ0n) is 12.1. The third-order valence-electron chi connectivity index (χ3n) is 3.11. The number of benzene rings is 1. The number of nitrogens with zero attached hydrogens (tertiary/aromatic N) is 2. The number of pyridine rings is 1. The number of hydrogen-bond donors (Lipinski definition) is 1. The fraction of sp³-hybridized carbons (Fsp3) is 0.200. The highest BCUT2D eigenvalue weighted by molar-refractivity contribution is 6.07. The van der Waals surface area contributed by atoms with Crippen molar-refractivity contribution in [1.82, 2.24) is 4.98 Å². The highest BCUT2D eigenvalue weighted by atomic mass is 19.1. The number of methoxy groups -OCH3 is 1. The van der Waals surface area contributed by atoms with Crippen LogP contribution in [0.1, 0.15) is 10.4 Å². The Balaban J connectivity index is 2.40. The Morgan fingerprint density at radius 1 is 1.33 bits per heavy atom. The fourth-order valence-electron chi connectivity index (χ4n) is 1.98. The summed E-state index contributed by atoms with van der Waals surface area (Å²) in [6.07, 6.45) is 1.39. The topological polar surface area (TPSA) is 54.5 Å². The van der Waals surface area contributed by atoms with Crippen LogP contribution in [0, 0.1) is 5.82 Å². The molecule has 0 saturated carbocycles. The monoisotopic (exact) mass is 289 g/mol. The number of aromatic nitrogens is 1. The second kappa shape index (κ2) is 6.21. The molecule has 0 atom stereocenters. The maximum Gasteiger partial charge on any atom is 0.261 e. The van der Waals surface area contributed by atoms with E-state index in [9.17, 15) is 9.18 Å². The van der Waals surface area contributed by atoms with Gasteiger partial charge in [-0.3, -0.25) is 4.79 Å². The second-order valence-corrected chi connectivity index (χ2v) is 4.31. The van der Waals surface area contributed by atoms with Crippen molar-refractivity contribution in [2.75, 3.05) is 31.4 Å². The van der Waals surface area contributed by atoms with Gasteiger partial charge in [-0.2, -0.15) is 0 Å². The highest BCUT2D eigenvalue weighted by Crippen LogP contribution is 2.28. The summed E-state index contributed by atoms with van der Waals surface area (Å²) in [5.74, 6) is -0.575. The van der Waals surface area contributed by atoms with Crippen molar-refractivity contribution >= 4 is 17.4 Å². The third-order valence-corrected chi connectivity index (χ3v) is 3.11. The van der Waals surface area contributed by atoms with Gasteiger partial charge < -0.3 is 15.0 Å². The summed E-state index contributed by atoms with van der Waals surface area (Å²) in [5.41, 5.74) is 0.509. The van der Waals surface area contributed by atoms with Crippen molar-refractivity contribution < 1.29 is 13.9 Å². The molecule has 0 unspecified atom stereocenters. The number of ether oxygens (including phenoxy) is 1. The van der Waals surface area contributed by atoms with Gasteiger partial charge in [-0.25, -0.2) is 9.37 Å². The summed E-state index contributed by atoms with van der Waals surface area (Å²) in [5, 5.41) is 2.61. The van der Waals surface area contributed by atoms with Crippen molar-refractivity contribution in [1.29, 1.82) is 0 Å². The van der Waals surface area contributed by atoms with E-state index in [0.29, 0.717) is 11.4 Å². The molecule has 110 valence electrons. The van der Waals surface area contributed by atoms with E-state index >= 15 is 0 Å². The zero-order chi connectivity index (χ0) is 15.4. The normalized spacial score (nSPS) is 10.1. The van der Waals surface area contributed by atoms with Gasteiger partial charge in [-0.15, -0.1) is 0 Å². The highest BCUT2D eigenvalue weighted by Gasteiger charge is 2.21. The first kappa shape index (κ1) is 14.8. The number of rotatable bonds is 4. The van der Waals surface area contributed by atoms with E-state index in [0.717, 1.165) is 0 Å². The van der Waals surface area contributed by atoms with E-state index in [1.165, 1.54) is 24.3 Å². The molecule has 21 heavy (non-hydrogen) atoms. The molecular formula is C15H16FN3O2. The minimum absolute atomic E-state index is 0.0364. The molecule has 0 radical (unpaired) electrons. The van der Waals surface area contributed by atoms with Crippen LogP contribution in [0.3, 0.4) is 0 Å². The lowest BCUT2D eigenvalue weighted by molar-refractivity contribution is 0.0988. The molecule has 0 aliphatic rings. The second-order valence-electron chi connectivity index (χ2n) is 4.31. The van der Waals surface area contributed by atoms with Gasteiger partial charge in [0.1, 0.15) is 5.75 Å². The van der Waals surface area contributed by atoms with Gasteiger partial charge in [0, 0.05) is 20.3 Å². The molecular weight excluding hydrogens is 273 g/mol. The first-order chi connectivity index (χ1) is 10.1. The molecule has 0 fully saturated rings. The lowest BCUT2D eigenvalue weighted by Crippen LogP contribution is -2.27.